The molecule has 1 aromatic rings. The molecule has 0 unspecified atom stereocenters. The molecular formula is C12H10Cl2O2. The van der Waals surface area contributed by atoms with Crippen LogP contribution in [0.2, 0.25) is 0 Å². The zero-order valence-corrected chi connectivity index (χ0v) is 10.0. The first kappa shape index (κ1) is 11.5. The number of aryl methyl sites for hydroxylation is 1. The lowest BCUT2D eigenvalue weighted by Crippen LogP contribution is -2.07. The van der Waals surface area contributed by atoms with E-state index in [9.17, 15) is 4.79 Å². The highest BCUT2D eigenvalue weighted by atomic mass is 35.5. The van der Waals surface area contributed by atoms with E-state index < -0.39 is 0 Å². The molecule has 1 heterocycles. The number of allylic oxidation sites excluding steroid dienone is 3. The van der Waals surface area contributed by atoms with Crippen molar-refractivity contribution in [2.45, 2.75) is 19.3 Å². The first-order valence-corrected chi connectivity index (χ1v) is 5.77. The van der Waals surface area contributed by atoms with Gasteiger partial charge in [-0.2, -0.15) is 0 Å². The van der Waals surface area contributed by atoms with Crippen molar-refractivity contribution in [2.75, 3.05) is 0 Å². The Bertz CT molecular complexity index is 508. The number of halogens is 2. The van der Waals surface area contributed by atoms with Gasteiger partial charge in [0, 0.05) is 6.07 Å². The second kappa shape index (κ2) is 4.89. The summed E-state index contributed by atoms with van der Waals surface area (Å²) in [5.41, 5.74) is 1.71. The minimum absolute atomic E-state index is 0.193. The van der Waals surface area contributed by atoms with Gasteiger partial charge in [-0.1, -0.05) is 29.3 Å². The maximum absolute atomic E-state index is 11.2. The Labute approximate surface area is 103 Å². The van der Waals surface area contributed by atoms with Gasteiger partial charge in [0.05, 0.1) is 0 Å². The highest BCUT2D eigenvalue weighted by Crippen LogP contribution is 2.29. The number of rotatable bonds is 1. The van der Waals surface area contributed by atoms with Crippen LogP contribution in [0.5, 0.6) is 0 Å². The fourth-order valence-electron chi connectivity index (χ4n) is 1.82. The molecule has 0 atom stereocenters. The molecule has 2 nitrogen and oxygen atoms in total. The van der Waals surface area contributed by atoms with Crippen LogP contribution in [0.4, 0.5) is 0 Å². The van der Waals surface area contributed by atoms with E-state index in [-0.39, 0.29) is 10.1 Å². The molecule has 4 heteroatoms. The lowest BCUT2D eigenvalue weighted by Gasteiger charge is -2.15. The van der Waals surface area contributed by atoms with Crippen molar-refractivity contribution in [1.29, 1.82) is 0 Å². The summed E-state index contributed by atoms with van der Waals surface area (Å²) < 4.78 is 5.40. The van der Waals surface area contributed by atoms with Gasteiger partial charge < -0.3 is 4.42 Å². The third-order valence-corrected chi connectivity index (χ3v) is 2.76. The molecule has 0 saturated heterocycles. The molecule has 0 aromatic carbocycles. The fraction of sp³-hybridized carbons (Fsp3) is 0.250. The molecule has 0 fully saturated rings. The van der Waals surface area contributed by atoms with Gasteiger partial charge in [0.25, 0.3) is 0 Å². The second-order valence-corrected chi connectivity index (χ2v) is 4.62. The number of hydrogen-bond acceptors (Lipinski definition) is 2. The van der Waals surface area contributed by atoms with E-state index >= 15 is 0 Å². The van der Waals surface area contributed by atoms with Gasteiger partial charge >= 0.3 is 5.63 Å². The monoisotopic (exact) mass is 256 g/mol. The predicted octanol–water partition coefficient (Wildman–Crippen LogP) is 3.68. The predicted molar refractivity (Wildman–Crippen MR) is 65.7 cm³/mol. The topological polar surface area (TPSA) is 30.2 Å². The van der Waals surface area contributed by atoms with Gasteiger partial charge in [0.1, 0.15) is 10.3 Å². The lowest BCUT2D eigenvalue weighted by molar-refractivity contribution is 0.479. The summed E-state index contributed by atoms with van der Waals surface area (Å²) in [5.74, 6) is 0.671. The zero-order chi connectivity index (χ0) is 11.5. The second-order valence-electron chi connectivity index (χ2n) is 3.61. The molecular weight excluding hydrogens is 247 g/mol. The quantitative estimate of drug-likeness (QED) is 0.768. The molecule has 2 rings (SSSR count). The summed E-state index contributed by atoms with van der Waals surface area (Å²) in [6, 6.07) is 3.27. The summed E-state index contributed by atoms with van der Waals surface area (Å²) in [6.07, 6.45) is 6.25. The maximum Gasteiger partial charge on any atom is 0.336 e. The summed E-state index contributed by atoms with van der Waals surface area (Å²) in [4.78, 5) is 11.2. The number of hydrogen-bond donors (Lipinski definition) is 0. The Morgan fingerprint density at radius 2 is 2.12 bits per heavy atom. The summed E-state index contributed by atoms with van der Waals surface area (Å²) >= 11 is 11.1. The van der Waals surface area contributed by atoms with Crippen molar-refractivity contribution in [3.05, 3.63) is 50.5 Å². The highest BCUT2D eigenvalue weighted by molar-refractivity contribution is 6.56. The average Bonchev–Trinajstić information content (AvgIpc) is 2.26. The van der Waals surface area contributed by atoms with Gasteiger partial charge in [-0.3, -0.25) is 0 Å². The molecule has 0 N–H and O–H groups in total. The zero-order valence-electron chi connectivity index (χ0n) is 8.50. The minimum atomic E-state index is -0.326. The Hall–Kier alpha value is -0.990. The normalized spacial score (nSPS) is 17.0. The average molecular weight is 257 g/mol. The van der Waals surface area contributed by atoms with Crippen LogP contribution in [0.25, 0.3) is 5.57 Å². The molecule has 1 aromatic heterocycles. The van der Waals surface area contributed by atoms with Crippen molar-refractivity contribution in [1.82, 2.24) is 0 Å². The largest absolute Gasteiger partial charge is 0.423 e. The van der Waals surface area contributed by atoms with E-state index in [1.807, 2.05) is 6.07 Å². The van der Waals surface area contributed by atoms with Crippen LogP contribution in [0.3, 0.4) is 0 Å². The van der Waals surface area contributed by atoms with Gasteiger partial charge in [-0.15, -0.1) is 0 Å². The Morgan fingerprint density at radius 3 is 2.88 bits per heavy atom. The molecule has 0 radical (unpaired) electrons. The van der Waals surface area contributed by atoms with E-state index in [1.54, 1.807) is 12.2 Å². The molecule has 0 spiro atoms. The van der Waals surface area contributed by atoms with Crippen LogP contribution >= 0.6 is 23.2 Å². The molecule has 1 aliphatic rings. The summed E-state index contributed by atoms with van der Waals surface area (Å²) in [6.45, 7) is 0. The summed E-state index contributed by atoms with van der Waals surface area (Å²) in [7, 11) is 0. The van der Waals surface area contributed by atoms with Crippen LogP contribution in [0.15, 0.2) is 38.0 Å². The highest BCUT2D eigenvalue weighted by Gasteiger charge is 2.16. The molecule has 0 saturated carbocycles. The van der Waals surface area contributed by atoms with Crippen molar-refractivity contribution in [2.24, 2.45) is 0 Å². The van der Waals surface area contributed by atoms with Crippen LogP contribution < -0.4 is 5.63 Å². The van der Waals surface area contributed by atoms with E-state index in [4.69, 9.17) is 27.6 Å². The van der Waals surface area contributed by atoms with E-state index in [2.05, 4.69) is 0 Å². The van der Waals surface area contributed by atoms with Crippen LogP contribution in [-0.2, 0) is 6.42 Å². The number of fused-ring (bicyclic) bond motifs is 1. The van der Waals surface area contributed by atoms with Crippen LogP contribution in [-0.4, -0.2) is 0 Å². The van der Waals surface area contributed by atoms with Crippen molar-refractivity contribution in [3.63, 3.8) is 0 Å². The van der Waals surface area contributed by atoms with Crippen LogP contribution in [0.1, 0.15) is 24.2 Å². The van der Waals surface area contributed by atoms with Gasteiger partial charge in [0.2, 0.25) is 0 Å². The van der Waals surface area contributed by atoms with Crippen molar-refractivity contribution < 1.29 is 4.42 Å². The van der Waals surface area contributed by atoms with Gasteiger partial charge in [-0.05, 0) is 42.5 Å². The van der Waals surface area contributed by atoms with Crippen molar-refractivity contribution >= 4 is 28.8 Å². The van der Waals surface area contributed by atoms with Gasteiger partial charge in [-0.25, -0.2) is 4.79 Å². The Morgan fingerprint density at radius 1 is 1.31 bits per heavy atom. The SMILES string of the molecule is O=c1ccc2c(o1)/C(=C/C=C(Cl)Cl)CCC2. The van der Waals surface area contributed by atoms with E-state index in [0.717, 1.165) is 30.4 Å². The molecule has 84 valence electrons. The first-order chi connectivity index (χ1) is 7.66. The Kier molecular flexibility index (Phi) is 3.52. The van der Waals surface area contributed by atoms with Gasteiger partial charge in [0.15, 0.2) is 0 Å². The minimum Gasteiger partial charge on any atom is -0.423 e. The summed E-state index contributed by atoms with van der Waals surface area (Å²) in [5, 5.41) is 0. The third kappa shape index (κ3) is 2.57. The van der Waals surface area contributed by atoms with E-state index in [0.29, 0.717) is 5.76 Å². The Balaban J connectivity index is 2.47. The molecule has 0 aliphatic heterocycles. The molecule has 16 heavy (non-hydrogen) atoms. The molecule has 1 aliphatic carbocycles. The van der Waals surface area contributed by atoms with Crippen LogP contribution in [0, 0.1) is 0 Å². The lowest BCUT2D eigenvalue weighted by atomic mass is 9.92. The standard InChI is InChI=1S/C12H10Cl2O2/c13-10(14)6-4-8-2-1-3-9-5-7-11(15)16-12(8)9/h4-7H,1-3H2/b8-4+. The van der Waals surface area contributed by atoms with E-state index in [1.165, 1.54) is 6.07 Å². The first-order valence-electron chi connectivity index (χ1n) is 5.02. The maximum atomic E-state index is 11.2. The molecule has 0 amide bonds. The van der Waals surface area contributed by atoms with Crippen molar-refractivity contribution in [3.8, 4) is 0 Å². The smallest absolute Gasteiger partial charge is 0.336 e. The fourth-order valence-corrected chi connectivity index (χ4v) is 1.94. The third-order valence-electron chi connectivity index (χ3n) is 2.51. The molecule has 0 bridgehead atoms.